The average molecular weight is 236 g/mol. The highest BCUT2D eigenvalue weighted by Gasteiger charge is 2.22. The molecule has 0 spiro atoms. The maximum absolute atomic E-state index is 9.27. The number of ether oxygens (including phenoxy) is 1. The summed E-state index contributed by atoms with van der Waals surface area (Å²) in [4.78, 5) is 6.16. The van der Waals surface area contributed by atoms with Gasteiger partial charge in [0.15, 0.2) is 0 Å². The molecule has 1 aromatic heterocycles. The first-order chi connectivity index (χ1) is 8.22. The summed E-state index contributed by atoms with van der Waals surface area (Å²) in [6.07, 6.45) is 1.67. The number of amidine groups is 1. The van der Waals surface area contributed by atoms with E-state index < -0.39 is 0 Å². The second kappa shape index (κ2) is 5.11. The summed E-state index contributed by atoms with van der Waals surface area (Å²) >= 11 is 0. The number of aliphatic hydroxyl groups is 1. The molecule has 1 unspecified atom stereocenters. The van der Waals surface area contributed by atoms with Gasteiger partial charge >= 0.3 is 0 Å². The Balaban J connectivity index is 2.17. The van der Waals surface area contributed by atoms with E-state index in [-0.39, 0.29) is 18.5 Å². The molecule has 2 rings (SSSR count). The van der Waals surface area contributed by atoms with Gasteiger partial charge in [0.05, 0.1) is 37.7 Å². The maximum Gasteiger partial charge on any atom is 0.141 e. The van der Waals surface area contributed by atoms with Crippen LogP contribution in [0.3, 0.4) is 0 Å². The standard InChI is InChI=1S/C11H16N4O2/c12-11(13)10-2-1-8(5-14-10)15-3-4-17-7-9(15)6-16/h1-2,5,9,16H,3-4,6-7H2,(H3,12,13). The SMILES string of the molecule is N=C(N)c1ccc(N2CCOCC2CO)cn1. The number of morpholine rings is 1. The van der Waals surface area contributed by atoms with Crippen LogP contribution in [0.4, 0.5) is 5.69 Å². The van der Waals surface area contributed by atoms with Crippen molar-refractivity contribution in [1.29, 1.82) is 5.41 Å². The molecule has 1 aliphatic heterocycles. The third kappa shape index (κ3) is 2.54. The van der Waals surface area contributed by atoms with E-state index in [9.17, 15) is 5.11 Å². The number of nitrogens with zero attached hydrogens (tertiary/aromatic N) is 2. The second-order valence-electron chi connectivity index (χ2n) is 3.92. The fourth-order valence-electron chi connectivity index (χ4n) is 1.86. The van der Waals surface area contributed by atoms with Gasteiger partial charge in [-0.1, -0.05) is 0 Å². The number of nitrogens with one attached hydrogen (secondary N) is 1. The Kier molecular flexibility index (Phi) is 3.55. The molecule has 4 N–H and O–H groups in total. The van der Waals surface area contributed by atoms with Crippen molar-refractivity contribution in [1.82, 2.24) is 4.98 Å². The Morgan fingerprint density at radius 2 is 2.47 bits per heavy atom. The van der Waals surface area contributed by atoms with Crippen LogP contribution in [0.2, 0.25) is 0 Å². The first kappa shape index (κ1) is 11.8. The molecule has 1 saturated heterocycles. The molecule has 0 amide bonds. The molecule has 6 nitrogen and oxygen atoms in total. The first-order valence-electron chi connectivity index (χ1n) is 5.48. The minimum absolute atomic E-state index is 0.0336. The largest absolute Gasteiger partial charge is 0.394 e. The highest BCUT2D eigenvalue weighted by Crippen LogP contribution is 2.18. The highest BCUT2D eigenvalue weighted by atomic mass is 16.5. The van der Waals surface area contributed by atoms with E-state index in [2.05, 4.69) is 9.88 Å². The number of nitrogens with two attached hydrogens (primary N) is 1. The summed E-state index contributed by atoms with van der Waals surface area (Å²) in [6.45, 7) is 1.94. The zero-order valence-corrected chi connectivity index (χ0v) is 9.47. The molecule has 0 aromatic carbocycles. The molecular weight excluding hydrogens is 220 g/mol. The normalized spacial score (nSPS) is 20.3. The predicted octanol–water partition coefficient (Wildman–Crippen LogP) is -0.437. The topological polar surface area (TPSA) is 95.5 Å². The molecular formula is C11H16N4O2. The fraction of sp³-hybridized carbons (Fsp3) is 0.455. The summed E-state index contributed by atoms with van der Waals surface area (Å²) in [7, 11) is 0. The lowest BCUT2D eigenvalue weighted by molar-refractivity contribution is 0.0727. The smallest absolute Gasteiger partial charge is 0.141 e. The number of anilines is 1. The summed E-state index contributed by atoms with van der Waals surface area (Å²) in [5.41, 5.74) is 6.72. The van der Waals surface area contributed by atoms with Gasteiger partial charge < -0.3 is 20.5 Å². The molecule has 92 valence electrons. The van der Waals surface area contributed by atoms with E-state index in [1.807, 2.05) is 6.07 Å². The van der Waals surface area contributed by atoms with Crippen molar-refractivity contribution < 1.29 is 9.84 Å². The van der Waals surface area contributed by atoms with Crippen molar-refractivity contribution >= 4 is 11.5 Å². The van der Waals surface area contributed by atoms with Crippen LogP contribution in [0.15, 0.2) is 18.3 Å². The van der Waals surface area contributed by atoms with Crippen molar-refractivity contribution in [2.24, 2.45) is 5.73 Å². The molecule has 1 atom stereocenters. The first-order valence-corrected chi connectivity index (χ1v) is 5.48. The number of aromatic nitrogens is 1. The van der Waals surface area contributed by atoms with Gasteiger partial charge in [0, 0.05) is 6.54 Å². The summed E-state index contributed by atoms with van der Waals surface area (Å²) in [6, 6.07) is 3.54. The van der Waals surface area contributed by atoms with Crippen molar-refractivity contribution in [3.8, 4) is 0 Å². The third-order valence-corrected chi connectivity index (χ3v) is 2.79. The summed E-state index contributed by atoms with van der Waals surface area (Å²) < 4.78 is 5.31. The van der Waals surface area contributed by atoms with Crippen LogP contribution in [0.25, 0.3) is 0 Å². The Bertz CT molecular complexity index is 393. The fourth-order valence-corrected chi connectivity index (χ4v) is 1.86. The molecule has 17 heavy (non-hydrogen) atoms. The highest BCUT2D eigenvalue weighted by molar-refractivity contribution is 5.93. The Labute approximate surface area is 99.5 Å². The molecule has 0 aliphatic carbocycles. The van der Waals surface area contributed by atoms with E-state index in [4.69, 9.17) is 15.9 Å². The molecule has 0 bridgehead atoms. The zero-order chi connectivity index (χ0) is 12.3. The van der Waals surface area contributed by atoms with Crippen molar-refractivity contribution in [2.45, 2.75) is 6.04 Å². The predicted molar refractivity (Wildman–Crippen MR) is 64.3 cm³/mol. The molecule has 6 heteroatoms. The lowest BCUT2D eigenvalue weighted by atomic mass is 10.2. The minimum atomic E-state index is -0.0442. The molecule has 1 fully saturated rings. The van der Waals surface area contributed by atoms with E-state index in [0.29, 0.717) is 18.9 Å². The van der Waals surface area contributed by atoms with Gasteiger partial charge in [-0.3, -0.25) is 10.4 Å². The van der Waals surface area contributed by atoms with Gasteiger partial charge in [0.2, 0.25) is 0 Å². The van der Waals surface area contributed by atoms with Crippen LogP contribution in [-0.2, 0) is 4.74 Å². The minimum Gasteiger partial charge on any atom is -0.394 e. The maximum atomic E-state index is 9.27. The van der Waals surface area contributed by atoms with Gasteiger partial charge in [0.25, 0.3) is 0 Å². The van der Waals surface area contributed by atoms with Crippen molar-refractivity contribution in [3.05, 3.63) is 24.0 Å². The summed E-state index contributed by atoms with van der Waals surface area (Å²) in [5, 5.41) is 16.5. The Morgan fingerprint density at radius 3 is 3.06 bits per heavy atom. The van der Waals surface area contributed by atoms with Crippen LogP contribution < -0.4 is 10.6 Å². The third-order valence-electron chi connectivity index (χ3n) is 2.79. The Morgan fingerprint density at radius 1 is 1.65 bits per heavy atom. The van der Waals surface area contributed by atoms with E-state index in [1.165, 1.54) is 0 Å². The summed E-state index contributed by atoms with van der Waals surface area (Å²) in [5.74, 6) is -0.0442. The van der Waals surface area contributed by atoms with Crippen LogP contribution in [0, 0.1) is 5.41 Å². The molecule has 0 radical (unpaired) electrons. The van der Waals surface area contributed by atoms with Gasteiger partial charge in [-0.2, -0.15) is 0 Å². The van der Waals surface area contributed by atoms with Gasteiger partial charge in [-0.15, -0.1) is 0 Å². The van der Waals surface area contributed by atoms with E-state index in [1.54, 1.807) is 12.3 Å². The van der Waals surface area contributed by atoms with Gasteiger partial charge in [-0.05, 0) is 12.1 Å². The number of pyridine rings is 1. The lowest BCUT2D eigenvalue weighted by Gasteiger charge is -2.36. The van der Waals surface area contributed by atoms with E-state index >= 15 is 0 Å². The molecule has 1 aromatic rings. The molecule has 0 saturated carbocycles. The number of hydrogen-bond donors (Lipinski definition) is 3. The molecule has 2 heterocycles. The zero-order valence-electron chi connectivity index (χ0n) is 9.47. The molecule has 1 aliphatic rings. The average Bonchev–Trinajstić information content (AvgIpc) is 2.39. The van der Waals surface area contributed by atoms with Crippen LogP contribution >= 0.6 is 0 Å². The van der Waals surface area contributed by atoms with Gasteiger partial charge in [-0.25, -0.2) is 0 Å². The number of aliphatic hydroxyl groups excluding tert-OH is 1. The van der Waals surface area contributed by atoms with Crippen molar-refractivity contribution in [3.63, 3.8) is 0 Å². The van der Waals surface area contributed by atoms with Crippen LogP contribution in [-0.4, -0.2) is 48.3 Å². The number of nitrogen functional groups attached to an aromatic ring is 1. The van der Waals surface area contributed by atoms with Crippen LogP contribution in [0.5, 0.6) is 0 Å². The van der Waals surface area contributed by atoms with Gasteiger partial charge in [0.1, 0.15) is 11.5 Å². The van der Waals surface area contributed by atoms with Crippen LogP contribution in [0.1, 0.15) is 5.69 Å². The Hall–Kier alpha value is -1.66. The number of hydrogen-bond acceptors (Lipinski definition) is 5. The quantitative estimate of drug-likeness (QED) is 0.488. The monoisotopic (exact) mass is 236 g/mol. The second-order valence-corrected chi connectivity index (χ2v) is 3.92. The number of rotatable bonds is 3. The van der Waals surface area contributed by atoms with Crippen molar-refractivity contribution in [2.75, 3.05) is 31.3 Å². The lowest BCUT2D eigenvalue weighted by Crippen LogP contribution is -2.47. The van der Waals surface area contributed by atoms with E-state index in [0.717, 1.165) is 12.2 Å².